The van der Waals surface area contributed by atoms with Gasteiger partial charge in [0.25, 0.3) is 0 Å². The summed E-state index contributed by atoms with van der Waals surface area (Å²) in [7, 11) is 0. The number of aromatic nitrogens is 1. The number of hydrogen-bond acceptors (Lipinski definition) is 2. The summed E-state index contributed by atoms with van der Waals surface area (Å²) in [5.41, 5.74) is 1.91. The van der Waals surface area contributed by atoms with E-state index in [4.69, 9.17) is 0 Å². The number of rotatable bonds is 3. The van der Waals surface area contributed by atoms with Gasteiger partial charge < -0.3 is 0 Å². The van der Waals surface area contributed by atoms with Gasteiger partial charge in [-0.2, -0.15) is 0 Å². The van der Waals surface area contributed by atoms with Gasteiger partial charge in [-0.05, 0) is 36.8 Å². The van der Waals surface area contributed by atoms with Gasteiger partial charge in [-0.15, -0.1) is 0 Å². The molecule has 0 atom stereocenters. The Balaban J connectivity index is 2.23. The highest BCUT2D eigenvalue weighted by atomic mass is 19.1. The fourth-order valence-corrected chi connectivity index (χ4v) is 1.66. The third-order valence-electron chi connectivity index (χ3n) is 2.57. The van der Waals surface area contributed by atoms with Gasteiger partial charge in [-0.1, -0.05) is 12.1 Å². The number of hydrogen-bond donors (Lipinski definition) is 0. The summed E-state index contributed by atoms with van der Waals surface area (Å²) in [6, 6.07) is 9.65. The zero-order valence-corrected chi connectivity index (χ0v) is 9.48. The van der Waals surface area contributed by atoms with Gasteiger partial charge in [-0.25, -0.2) is 4.39 Å². The van der Waals surface area contributed by atoms with Crippen LogP contribution in [0.5, 0.6) is 0 Å². The van der Waals surface area contributed by atoms with Crippen molar-refractivity contribution in [1.29, 1.82) is 0 Å². The fourth-order valence-electron chi connectivity index (χ4n) is 1.66. The van der Waals surface area contributed by atoms with Gasteiger partial charge in [0.1, 0.15) is 5.82 Å². The van der Waals surface area contributed by atoms with E-state index in [9.17, 15) is 9.18 Å². The summed E-state index contributed by atoms with van der Waals surface area (Å²) in [5, 5.41) is 0. The molecule has 0 saturated carbocycles. The number of nitrogens with zero attached hydrogens (tertiary/aromatic N) is 1. The van der Waals surface area contributed by atoms with Gasteiger partial charge in [0.2, 0.25) is 0 Å². The number of carbonyl (C=O) groups is 1. The molecular weight excluding hydrogens is 217 g/mol. The number of halogens is 1. The second-order valence-electron chi connectivity index (χ2n) is 3.88. The Labute approximate surface area is 99.1 Å². The summed E-state index contributed by atoms with van der Waals surface area (Å²) in [4.78, 5) is 16.1. The minimum absolute atomic E-state index is 0.110. The normalized spacial score (nSPS) is 10.2. The standard InChI is InChI=1S/C14H12FNO/c1-10-5-6-11(15)8-13(10)14(17)9-12-4-2-3-7-16-12/h2-8H,9H2,1H3. The molecule has 0 aliphatic heterocycles. The van der Waals surface area contributed by atoms with Crippen LogP contribution >= 0.6 is 0 Å². The van der Waals surface area contributed by atoms with Crippen molar-refractivity contribution in [3.63, 3.8) is 0 Å². The molecule has 3 heteroatoms. The van der Waals surface area contributed by atoms with Crippen LogP contribution in [-0.4, -0.2) is 10.8 Å². The molecule has 0 aliphatic rings. The molecule has 0 spiro atoms. The Bertz CT molecular complexity index is 537. The van der Waals surface area contributed by atoms with E-state index in [2.05, 4.69) is 4.98 Å². The molecule has 86 valence electrons. The summed E-state index contributed by atoms with van der Waals surface area (Å²) in [6.45, 7) is 1.80. The molecule has 2 aromatic rings. The van der Waals surface area contributed by atoms with Crippen LogP contribution in [0.2, 0.25) is 0 Å². The van der Waals surface area contributed by atoms with Crippen LogP contribution < -0.4 is 0 Å². The monoisotopic (exact) mass is 229 g/mol. The van der Waals surface area contributed by atoms with Crippen LogP contribution in [0, 0.1) is 12.7 Å². The van der Waals surface area contributed by atoms with Crippen LogP contribution in [0.1, 0.15) is 21.6 Å². The van der Waals surface area contributed by atoms with Crippen molar-refractivity contribution in [1.82, 2.24) is 4.98 Å². The molecule has 0 fully saturated rings. The SMILES string of the molecule is Cc1ccc(F)cc1C(=O)Cc1ccccn1. The molecule has 0 aliphatic carbocycles. The number of pyridine rings is 1. The highest BCUT2D eigenvalue weighted by molar-refractivity contribution is 5.98. The molecule has 0 radical (unpaired) electrons. The van der Waals surface area contributed by atoms with Crippen LogP contribution in [0.3, 0.4) is 0 Å². The summed E-state index contributed by atoms with van der Waals surface area (Å²) >= 11 is 0. The lowest BCUT2D eigenvalue weighted by Crippen LogP contribution is -2.07. The number of carbonyl (C=O) groups excluding carboxylic acids is 1. The van der Waals surface area contributed by atoms with E-state index < -0.39 is 0 Å². The highest BCUT2D eigenvalue weighted by Gasteiger charge is 2.11. The molecule has 0 N–H and O–H groups in total. The molecule has 0 saturated heterocycles. The second-order valence-corrected chi connectivity index (χ2v) is 3.88. The van der Waals surface area contributed by atoms with Crippen LogP contribution in [0.15, 0.2) is 42.6 Å². The molecular formula is C14H12FNO. The Morgan fingerprint density at radius 3 is 2.82 bits per heavy atom. The predicted octanol–water partition coefficient (Wildman–Crippen LogP) is 2.95. The number of Topliss-reactive ketones (excluding diaryl/α,β-unsaturated/α-hetero) is 1. The zero-order chi connectivity index (χ0) is 12.3. The van der Waals surface area contributed by atoms with E-state index in [0.29, 0.717) is 11.3 Å². The van der Waals surface area contributed by atoms with Crippen LogP contribution in [0.4, 0.5) is 4.39 Å². The third kappa shape index (κ3) is 2.75. The molecule has 17 heavy (non-hydrogen) atoms. The second kappa shape index (κ2) is 4.87. The van der Waals surface area contributed by atoms with Gasteiger partial charge in [0, 0.05) is 17.5 Å². The molecule has 1 aromatic heterocycles. The largest absolute Gasteiger partial charge is 0.294 e. The van der Waals surface area contributed by atoms with Crippen molar-refractivity contribution in [2.24, 2.45) is 0 Å². The smallest absolute Gasteiger partial charge is 0.169 e. The van der Waals surface area contributed by atoms with E-state index in [-0.39, 0.29) is 18.0 Å². The van der Waals surface area contributed by atoms with Gasteiger partial charge in [-0.3, -0.25) is 9.78 Å². The molecule has 0 amide bonds. The Morgan fingerprint density at radius 2 is 2.12 bits per heavy atom. The lowest BCUT2D eigenvalue weighted by molar-refractivity contribution is 0.0991. The molecule has 0 unspecified atom stereocenters. The topological polar surface area (TPSA) is 30.0 Å². The maximum atomic E-state index is 13.1. The first-order valence-electron chi connectivity index (χ1n) is 5.36. The minimum atomic E-state index is -0.389. The minimum Gasteiger partial charge on any atom is -0.294 e. The molecule has 1 aromatic carbocycles. The van der Waals surface area contributed by atoms with Crippen molar-refractivity contribution in [3.8, 4) is 0 Å². The van der Waals surface area contributed by atoms with Crippen molar-refractivity contribution >= 4 is 5.78 Å². The number of ketones is 1. The highest BCUT2D eigenvalue weighted by Crippen LogP contribution is 2.13. The third-order valence-corrected chi connectivity index (χ3v) is 2.57. The zero-order valence-electron chi connectivity index (χ0n) is 9.48. The quantitative estimate of drug-likeness (QED) is 0.757. The predicted molar refractivity (Wildman–Crippen MR) is 63.4 cm³/mol. The number of aryl methyl sites for hydroxylation is 1. The molecule has 1 heterocycles. The van der Waals surface area contributed by atoms with Crippen molar-refractivity contribution in [2.75, 3.05) is 0 Å². The lowest BCUT2D eigenvalue weighted by atomic mass is 10.0. The average molecular weight is 229 g/mol. The lowest BCUT2D eigenvalue weighted by Gasteiger charge is -2.04. The van der Waals surface area contributed by atoms with E-state index >= 15 is 0 Å². The molecule has 2 nitrogen and oxygen atoms in total. The van der Waals surface area contributed by atoms with E-state index in [1.165, 1.54) is 12.1 Å². The first-order chi connectivity index (χ1) is 8.16. The maximum Gasteiger partial charge on any atom is 0.169 e. The van der Waals surface area contributed by atoms with Crippen LogP contribution in [0.25, 0.3) is 0 Å². The average Bonchev–Trinajstić information content (AvgIpc) is 2.33. The van der Waals surface area contributed by atoms with Crippen molar-refractivity contribution in [3.05, 3.63) is 65.2 Å². The van der Waals surface area contributed by atoms with E-state index in [1.807, 2.05) is 6.07 Å². The summed E-state index contributed by atoms with van der Waals surface area (Å²) < 4.78 is 13.1. The first-order valence-corrected chi connectivity index (χ1v) is 5.36. The van der Waals surface area contributed by atoms with Crippen molar-refractivity contribution < 1.29 is 9.18 Å². The number of benzene rings is 1. The fraction of sp³-hybridized carbons (Fsp3) is 0.143. The van der Waals surface area contributed by atoms with Gasteiger partial charge in [0.05, 0.1) is 6.42 Å². The maximum absolute atomic E-state index is 13.1. The van der Waals surface area contributed by atoms with Gasteiger partial charge in [0.15, 0.2) is 5.78 Å². The summed E-state index contributed by atoms with van der Waals surface area (Å²) in [6.07, 6.45) is 1.84. The first kappa shape index (κ1) is 11.5. The molecule has 2 rings (SSSR count). The van der Waals surface area contributed by atoms with Crippen LogP contribution in [-0.2, 0) is 6.42 Å². The van der Waals surface area contributed by atoms with E-state index in [0.717, 1.165) is 5.56 Å². The van der Waals surface area contributed by atoms with Crippen molar-refractivity contribution in [2.45, 2.75) is 13.3 Å². The Hall–Kier alpha value is -2.03. The summed E-state index contributed by atoms with van der Waals surface area (Å²) in [5.74, 6) is -0.499. The van der Waals surface area contributed by atoms with Gasteiger partial charge >= 0.3 is 0 Å². The van der Waals surface area contributed by atoms with E-state index in [1.54, 1.807) is 31.3 Å². The molecule has 0 bridgehead atoms. The Kier molecular flexibility index (Phi) is 3.28. The Morgan fingerprint density at radius 1 is 1.29 bits per heavy atom.